The summed E-state index contributed by atoms with van der Waals surface area (Å²) in [7, 11) is 0. The highest BCUT2D eigenvalue weighted by Gasteiger charge is 2.56. The summed E-state index contributed by atoms with van der Waals surface area (Å²) in [5.41, 5.74) is -1.20. The molecule has 2 aliphatic rings. The Bertz CT molecular complexity index is 362. The normalized spacial score (nSPS) is 42.4. The van der Waals surface area contributed by atoms with E-state index in [2.05, 4.69) is 26.8 Å². The van der Waals surface area contributed by atoms with Crippen LogP contribution in [0.3, 0.4) is 0 Å². The van der Waals surface area contributed by atoms with Crippen LogP contribution in [-0.2, 0) is 0 Å². The van der Waals surface area contributed by atoms with Crippen molar-refractivity contribution in [3.8, 4) is 6.07 Å². The summed E-state index contributed by atoms with van der Waals surface area (Å²) >= 11 is 0. The lowest BCUT2D eigenvalue weighted by molar-refractivity contribution is -0.142. The Morgan fingerprint density at radius 1 is 1.15 bits per heavy atom. The Morgan fingerprint density at radius 2 is 1.80 bits per heavy atom. The highest BCUT2D eigenvalue weighted by molar-refractivity contribution is 5.15. The van der Waals surface area contributed by atoms with Gasteiger partial charge in [0.05, 0.1) is 17.1 Å². The minimum absolute atomic E-state index is 0.325. The molecular weight excluding hydrogens is 246 g/mol. The Labute approximate surface area is 124 Å². The first-order chi connectivity index (χ1) is 9.49. The highest BCUT2D eigenvalue weighted by Crippen LogP contribution is 2.55. The molecule has 0 aliphatic heterocycles. The first-order valence-corrected chi connectivity index (χ1v) is 8.62. The molecule has 2 fully saturated rings. The van der Waals surface area contributed by atoms with Crippen molar-refractivity contribution in [1.29, 1.82) is 5.26 Å². The van der Waals surface area contributed by atoms with E-state index in [0.717, 1.165) is 57.3 Å². The predicted molar refractivity (Wildman–Crippen MR) is 82.0 cm³/mol. The van der Waals surface area contributed by atoms with Crippen LogP contribution in [0.2, 0.25) is 0 Å². The van der Waals surface area contributed by atoms with Crippen LogP contribution in [-0.4, -0.2) is 10.7 Å². The van der Waals surface area contributed by atoms with Gasteiger partial charge in [-0.3, -0.25) is 0 Å². The van der Waals surface area contributed by atoms with E-state index in [1.165, 1.54) is 6.42 Å². The minimum atomic E-state index is -0.725. The number of nitriles is 1. The number of hydrogen-bond acceptors (Lipinski definition) is 2. The van der Waals surface area contributed by atoms with Crippen molar-refractivity contribution in [1.82, 2.24) is 0 Å². The van der Waals surface area contributed by atoms with Gasteiger partial charge in [-0.05, 0) is 56.3 Å². The summed E-state index contributed by atoms with van der Waals surface area (Å²) in [5.74, 6) is 1.77. The van der Waals surface area contributed by atoms with Gasteiger partial charge in [-0.25, -0.2) is 0 Å². The van der Waals surface area contributed by atoms with Crippen molar-refractivity contribution >= 4 is 0 Å². The van der Waals surface area contributed by atoms with Crippen LogP contribution in [0.4, 0.5) is 0 Å². The van der Waals surface area contributed by atoms with Crippen LogP contribution >= 0.6 is 0 Å². The zero-order valence-electron chi connectivity index (χ0n) is 13.5. The highest BCUT2D eigenvalue weighted by atomic mass is 16.3. The number of rotatable bonds is 3. The molecule has 114 valence electrons. The summed E-state index contributed by atoms with van der Waals surface area (Å²) in [4.78, 5) is 0. The van der Waals surface area contributed by atoms with Crippen LogP contribution in [0.25, 0.3) is 0 Å². The molecule has 0 spiro atoms. The van der Waals surface area contributed by atoms with E-state index >= 15 is 0 Å². The molecule has 0 amide bonds. The third kappa shape index (κ3) is 2.50. The molecule has 20 heavy (non-hydrogen) atoms. The first-order valence-electron chi connectivity index (χ1n) is 8.62. The molecule has 2 atom stereocenters. The Kier molecular flexibility index (Phi) is 4.80. The molecule has 2 nitrogen and oxygen atoms in total. The second kappa shape index (κ2) is 6.06. The maximum absolute atomic E-state index is 11.4. The molecule has 0 aromatic rings. The van der Waals surface area contributed by atoms with Gasteiger partial charge in [0.1, 0.15) is 0 Å². The molecule has 2 saturated carbocycles. The third-order valence-corrected chi connectivity index (χ3v) is 6.40. The summed E-state index contributed by atoms with van der Waals surface area (Å²) < 4.78 is 0. The van der Waals surface area contributed by atoms with Gasteiger partial charge in [0.15, 0.2) is 0 Å². The van der Waals surface area contributed by atoms with Gasteiger partial charge < -0.3 is 5.11 Å². The molecule has 0 heterocycles. The van der Waals surface area contributed by atoms with Crippen LogP contribution in [0.15, 0.2) is 0 Å². The quantitative estimate of drug-likeness (QED) is 0.814. The van der Waals surface area contributed by atoms with E-state index in [1.54, 1.807) is 0 Å². The standard InChI is InChI=1S/C18H31NO/c1-4-16-7-5-6-10-18(16,20)17(13-19)11-8-15(9-12-17)14(2)3/h14-16,20H,4-12H2,1-3H3. The lowest BCUT2D eigenvalue weighted by Crippen LogP contribution is -2.55. The SMILES string of the molecule is CCC1CCCCC1(O)C1(C#N)CCC(C(C)C)CC1. The number of aliphatic hydroxyl groups is 1. The van der Waals surface area contributed by atoms with Gasteiger partial charge in [-0.1, -0.05) is 40.0 Å². The maximum Gasteiger partial charge on any atom is 0.0863 e. The molecule has 2 rings (SSSR count). The third-order valence-electron chi connectivity index (χ3n) is 6.40. The van der Waals surface area contributed by atoms with E-state index in [1.807, 2.05) is 0 Å². The van der Waals surface area contributed by atoms with E-state index in [0.29, 0.717) is 11.8 Å². The monoisotopic (exact) mass is 277 g/mol. The fourth-order valence-corrected chi connectivity index (χ4v) is 4.84. The topological polar surface area (TPSA) is 44.0 Å². The number of nitrogens with zero attached hydrogens (tertiary/aromatic N) is 1. The molecule has 1 N–H and O–H groups in total. The second-order valence-electron chi connectivity index (χ2n) is 7.55. The summed E-state index contributed by atoms with van der Waals surface area (Å²) in [6, 6.07) is 2.60. The van der Waals surface area contributed by atoms with Crippen molar-refractivity contribution in [2.24, 2.45) is 23.2 Å². The van der Waals surface area contributed by atoms with Gasteiger partial charge >= 0.3 is 0 Å². The average molecular weight is 277 g/mol. The van der Waals surface area contributed by atoms with E-state index in [9.17, 15) is 10.4 Å². The summed E-state index contributed by atoms with van der Waals surface area (Å²) in [5, 5.41) is 21.3. The molecule has 2 heteroatoms. The van der Waals surface area contributed by atoms with Crippen molar-refractivity contribution < 1.29 is 5.11 Å². The lowest BCUT2D eigenvalue weighted by atomic mass is 9.54. The predicted octanol–water partition coefficient (Wildman–Crippen LogP) is 4.67. The van der Waals surface area contributed by atoms with Crippen LogP contribution in [0.5, 0.6) is 0 Å². The molecule has 0 saturated heterocycles. The van der Waals surface area contributed by atoms with Crippen LogP contribution in [0.1, 0.15) is 78.6 Å². The largest absolute Gasteiger partial charge is 0.388 e. The zero-order chi connectivity index (χ0) is 14.8. The summed E-state index contributed by atoms with van der Waals surface area (Å²) in [6.45, 7) is 6.74. The van der Waals surface area contributed by atoms with E-state index in [4.69, 9.17) is 0 Å². The van der Waals surface area contributed by atoms with Crippen molar-refractivity contribution in [2.75, 3.05) is 0 Å². The van der Waals surface area contributed by atoms with Gasteiger partial charge in [0, 0.05) is 0 Å². The van der Waals surface area contributed by atoms with Crippen molar-refractivity contribution in [3.05, 3.63) is 0 Å². The second-order valence-corrected chi connectivity index (χ2v) is 7.55. The van der Waals surface area contributed by atoms with Crippen LogP contribution in [0, 0.1) is 34.5 Å². The Morgan fingerprint density at radius 3 is 2.30 bits per heavy atom. The van der Waals surface area contributed by atoms with Crippen molar-refractivity contribution in [2.45, 2.75) is 84.2 Å². The fourth-order valence-electron chi connectivity index (χ4n) is 4.84. The zero-order valence-corrected chi connectivity index (χ0v) is 13.5. The Balaban J connectivity index is 2.21. The molecule has 2 aliphatic carbocycles. The molecule has 0 bridgehead atoms. The van der Waals surface area contributed by atoms with E-state index in [-0.39, 0.29) is 0 Å². The smallest absolute Gasteiger partial charge is 0.0863 e. The lowest BCUT2D eigenvalue weighted by Gasteiger charge is -2.52. The average Bonchev–Trinajstić information content (AvgIpc) is 2.47. The first kappa shape index (κ1) is 15.8. The van der Waals surface area contributed by atoms with Gasteiger partial charge in [-0.2, -0.15) is 5.26 Å². The molecular formula is C18H31NO. The van der Waals surface area contributed by atoms with Crippen molar-refractivity contribution in [3.63, 3.8) is 0 Å². The molecule has 0 aromatic heterocycles. The van der Waals surface area contributed by atoms with E-state index < -0.39 is 11.0 Å². The summed E-state index contributed by atoms with van der Waals surface area (Å²) in [6.07, 6.45) is 9.29. The van der Waals surface area contributed by atoms with Gasteiger partial charge in [0.25, 0.3) is 0 Å². The maximum atomic E-state index is 11.4. The Hall–Kier alpha value is -0.550. The fraction of sp³-hybridized carbons (Fsp3) is 0.944. The van der Waals surface area contributed by atoms with Gasteiger partial charge in [-0.15, -0.1) is 0 Å². The molecule has 0 aromatic carbocycles. The van der Waals surface area contributed by atoms with Gasteiger partial charge in [0.2, 0.25) is 0 Å². The van der Waals surface area contributed by atoms with Crippen LogP contribution < -0.4 is 0 Å². The molecule has 0 radical (unpaired) electrons. The minimum Gasteiger partial charge on any atom is -0.388 e. The number of hydrogen-bond donors (Lipinski definition) is 1. The molecule has 2 unspecified atom stereocenters.